The van der Waals surface area contributed by atoms with Crippen LogP contribution in [-0.4, -0.2) is 22.2 Å². The van der Waals surface area contributed by atoms with Crippen LogP contribution < -0.4 is 11.7 Å². The Morgan fingerprint density at radius 1 is 1.00 bits per heavy atom. The van der Waals surface area contributed by atoms with Gasteiger partial charge in [0.1, 0.15) is 0 Å². The molecule has 0 rings (SSSR count). The number of carbonyl (C=O) groups is 2. The van der Waals surface area contributed by atoms with Gasteiger partial charge < -0.3 is 10.2 Å². The first-order chi connectivity index (χ1) is 5.13. The molecule has 0 heterocycles. The Bertz CT molecular complexity index is 112. The smallest absolute Gasteiger partial charge is 0.303 e. The van der Waals surface area contributed by atoms with Gasteiger partial charge in [-0.15, -0.1) is 0 Å². The van der Waals surface area contributed by atoms with Gasteiger partial charge in [0.25, 0.3) is 0 Å². The fraction of sp³-hybridized carbons (Fsp3) is 0.600. The van der Waals surface area contributed by atoms with E-state index in [2.05, 4.69) is 11.7 Å². The van der Waals surface area contributed by atoms with Crippen LogP contribution in [0.15, 0.2) is 0 Å². The van der Waals surface area contributed by atoms with Gasteiger partial charge in [-0.25, -0.2) is 0 Å². The molecule has 0 saturated carbocycles. The highest BCUT2D eigenvalue weighted by molar-refractivity contribution is 5.69. The highest BCUT2D eigenvalue weighted by Gasteiger charge is 1.99. The van der Waals surface area contributed by atoms with Crippen molar-refractivity contribution < 1.29 is 19.8 Å². The van der Waals surface area contributed by atoms with Gasteiger partial charge >= 0.3 is 11.9 Å². The molecule has 0 aromatic rings. The first-order valence-corrected chi connectivity index (χ1v) is 2.90. The van der Waals surface area contributed by atoms with Gasteiger partial charge in [0, 0.05) is 12.8 Å². The molecular formula is C5H12N2O4. The topological polar surface area (TPSA) is 127 Å². The van der Waals surface area contributed by atoms with Crippen molar-refractivity contribution in [3.05, 3.63) is 0 Å². The Kier molecular flexibility index (Phi) is 10.1. The first-order valence-electron chi connectivity index (χ1n) is 2.90. The third-order valence-corrected chi connectivity index (χ3v) is 0.781. The first kappa shape index (κ1) is 12.5. The number of hydrogen-bond acceptors (Lipinski definition) is 4. The van der Waals surface area contributed by atoms with Gasteiger partial charge in [-0.3, -0.25) is 21.3 Å². The molecule has 0 aromatic carbocycles. The van der Waals surface area contributed by atoms with Crippen LogP contribution >= 0.6 is 0 Å². The Hall–Kier alpha value is -1.14. The van der Waals surface area contributed by atoms with E-state index in [0.717, 1.165) is 0 Å². The summed E-state index contributed by atoms with van der Waals surface area (Å²) in [5.74, 6) is 6.10. The number of hydrogen-bond donors (Lipinski definition) is 4. The van der Waals surface area contributed by atoms with Crippen LogP contribution in [-0.2, 0) is 9.59 Å². The molecule has 6 N–H and O–H groups in total. The SMILES string of the molecule is NN.O=C(O)CCCC(=O)O. The van der Waals surface area contributed by atoms with Gasteiger partial charge in [0.2, 0.25) is 0 Å². The van der Waals surface area contributed by atoms with Crippen molar-refractivity contribution in [1.29, 1.82) is 0 Å². The lowest BCUT2D eigenvalue weighted by Crippen LogP contribution is -2.02. The molecule has 0 unspecified atom stereocenters. The van der Waals surface area contributed by atoms with E-state index in [1.165, 1.54) is 0 Å². The van der Waals surface area contributed by atoms with Crippen molar-refractivity contribution >= 4 is 11.9 Å². The molecule has 0 radical (unpaired) electrons. The average Bonchev–Trinajstić information content (AvgIpc) is 1.90. The summed E-state index contributed by atoms with van der Waals surface area (Å²) < 4.78 is 0. The average molecular weight is 164 g/mol. The molecule has 6 heteroatoms. The van der Waals surface area contributed by atoms with Crippen molar-refractivity contribution in [1.82, 2.24) is 0 Å². The third-order valence-electron chi connectivity index (χ3n) is 0.781. The summed E-state index contributed by atoms with van der Waals surface area (Å²) in [7, 11) is 0. The fourth-order valence-corrected chi connectivity index (χ4v) is 0.391. The van der Waals surface area contributed by atoms with Crippen LogP contribution in [0.1, 0.15) is 19.3 Å². The monoisotopic (exact) mass is 164 g/mol. The quantitative estimate of drug-likeness (QED) is 0.316. The molecule has 0 aliphatic carbocycles. The van der Waals surface area contributed by atoms with E-state index in [9.17, 15) is 9.59 Å². The van der Waals surface area contributed by atoms with Crippen LogP contribution in [0, 0.1) is 0 Å². The zero-order valence-electron chi connectivity index (χ0n) is 5.99. The standard InChI is InChI=1S/C5H8O4.H4N2/c6-4(7)2-1-3-5(8)9;1-2/h1-3H2,(H,6,7)(H,8,9);1-2H2. The maximum atomic E-state index is 9.79. The van der Waals surface area contributed by atoms with Crippen LogP contribution in [0.3, 0.4) is 0 Å². The summed E-state index contributed by atoms with van der Waals surface area (Å²) in [6, 6.07) is 0. The van der Waals surface area contributed by atoms with Crippen LogP contribution in [0.5, 0.6) is 0 Å². The lowest BCUT2D eigenvalue weighted by atomic mass is 10.2. The Balaban J connectivity index is 0. The Morgan fingerprint density at radius 3 is 1.45 bits per heavy atom. The fourth-order valence-electron chi connectivity index (χ4n) is 0.391. The number of nitrogens with two attached hydrogens (primary N) is 2. The second-order valence-corrected chi connectivity index (χ2v) is 1.64. The summed E-state index contributed by atoms with van der Waals surface area (Å²) in [5.41, 5.74) is 0. The molecule has 0 aliphatic heterocycles. The van der Waals surface area contributed by atoms with E-state index >= 15 is 0 Å². The lowest BCUT2D eigenvalue weighted by Gasteiger charge is -1.89. The third kappa shape index (κ3) is 17.7. The number of aliphatic carboxylic acids is 2. The number of carboxylic acid groups (broad SMARTS) is 2. The van der Waals surface area contributed by atoms with Gasteiger partial charge in [0.15, 0.2) is 0 Å². The Morgan fingerprint density at radius 2 is 1.27 bits per heavy atom. The lowest BCUT2D eigenvalue weighted by molar-refractivity contribution is -0.138. The molecule has 0 aromatic heterocycles. The van der Waals surface area contributed by atoms with E-state index in [-0.39, 0.29) is 19.3 Å². The molecule has 66 valence electrons. The predicted octanol–water partition coefficient (Wildman–Crippen LogP) is -0.855. The highest BCUT2D eigenvalue weighted by atomic mass is 16.4. The van der Waals surface area contributed by atoms with Crippen molar-refractivity contribution in [2.75, 3.05) is 0 Å². The summed E-state index contributed by atoms with van der Waals surface area (Å²) >= 11 is 0. The maximum absolute atomic E-state index is 9.79. The summed E-state index contributed by atoms with van der Waals surface area (Å²) in [5, 5.41) is 16.1. The number of hydrazine groups is 1. The molecule has 0 fully saturated rings. The minimum atomic E-state index is -0.948. The van der Waals surface area contributed by atoms with E-state index in [1.807, 2.05) is 0 Å². The molecule has 11 heavy (non-hydrogen) atoms. The molecule has 6 nitrogen and oxygen atoms in total. The van der Waals surface area contributed by atoms with Gasteiger partial charge in [0.05, 0.1) is 0 Å². The van der Waals surface area contributed by atoms with Crippen molar-refractivity contribution in [2.24, 2.45) is 11.7 Å². The molecule has 0 atom stereocenters. The highest BCUT2D eigenvalue weighted by Crippen LogP contribution is 1.93. The largest absolute Gasteiger partial charge is 0.481 e. The minimum absolute atomic E-state index is 0.0632. The van der Waals surface area contributed by atoms with Gasteiger partial charge in [-0.2, -0.15) is 0 Å². The van der Waals surface area contributed by atoms with Gasteiger partial charge in [-0.05, 0) is 6.42 Å². The second kappa shape index (κ2) is 8.86. The van der Waals surface area contributed by atoms with Gasteiger partial charge in [-0.1, -0.05) is 0 Å². The number of rotatable bonds is 4. The van der Waals surface area contributed by atoms with Crippen molar-refractivity contribution in [3.8, 4) is 0 Å². The van der Waals surface area contributed by atoms with E-state index in [0.29, 0.717) is 0 Å². The molecule has 0 aliphatic rings. The zero-order chi connectivity index (χ0) is 9.28. The van der Waals surface area contributed by atoms with E-state index in [1.54, 1.807) is 0 Å². The predicted molar refractivity (Wildman–Crippen MR) is 37.5 cm³/mol. The molecule has 0 saturated heterocycles. The molecule has 0 spiro atoms. The normalized spacial score (nSPS) is 7.82. The molecule has 0 bridgehead atoms. The molecular weight excluding hydrogens is 152 g/mol. The van der Waals surface area contributed by atoms with Crippen LogP contribution in [0.25, 0.3) is 0 Å². The summed E-state index contributed by atoms with van der Waals surface area (Å²) in [4.78, 5) is 19.6. The van der Waals surface area contributed by atoms with E-state index < -0.39 is 11.9 Å². The maximum Gasteiger partial charge on any atom is 0.303 e. The van der Waals surface area contributed by atoms with Crippen LogP contribution in [0.4, 0.5) is 0 Å². The summed E-state index contributed by atoms with van der Waals surface area (Å²) in [6.07, 6.45) is 0.0866. The zero-order valence-corrected chi connectivity index (χ0v) is 5.99. The summed E-state index contributed by atoms with van der Waals surface area (Å²) in [6.45, 7) is 0. The number of carboxylic acids is 2. The van der Waals surface area contributed by atoms with Crippen molar-refractivity contribution in [3.63, 3.8) is 0 Å². The second-order valence-electron chi connectivity index (χ2n) is 1.64. The Labute approximate surface area is 63.8 Å². The van der Waals surface area contributed by atoms with E-state index in [4.69, 9.17) is 10.2 Å². The van der Waals surface area contributed by atoms with Crippen LogP contribution in [0.2, 0.25) is 0 Å². The minimum Gasteiger partial charge on any atom is -0.481 e. The molecule has 0 amide bonds. The van der Waals surface area contributed by atoms with Crippen molar-refractivity contribution in [2.45, 2.75) is 19.3 Å².